The molecular formula is C19H24N4O2S. The van der Waals surface area contributed by atoms with Crippen LogP contribution in [0.15, 0.2) is 34.3 Å². The highest BCUT2D eigenvalue weighted by Crippen LogP contribution is 2.34. The molecule has 2 aliphatic rings. The standard InChI is InChI=1S/C19H24N4O2S/c1-11(2)9-15-18(25)23-17(21-15)13-7-5-6-8-14(13)22-19(23)26-10-16(24)20-12(3)4/h5-8,11-12,15H,9-10H2,1-4H3,(H,20,24)/t15-/m0/s1. The number of carbonyl (C=O) groups is 2. The number of rotatable bonds is 5. The lowest BCUT2D eigenvalue weighted by Gasteiger charge is -2.25. The summed E-state index contributed by atoms with van der Waals surface area (Å²) in [5, 5.41) is 3.38. The maximum Gasteiger partial charge on any atom is 0.259 e. The van der Waals surface area contributed by atoms with Gasteiger partial charge in [-0.1, -0.05) is 37.7 Å². The van der Waals surface area contributed by atoms with E-state index in [9.17, 15) is 9.59 Å². The van der Waals surface area contributed by atoms with Gasteiger partial charge in [0, 0.05) is 11.6 Å². The van der Waals surface area contributed by atoms with E-state index in [1.807, 2.05) is 38.1 Å². The highest BCUT2D eigenvalue weighted by atomic mass is 32.2. The summed E-state index contributed by atoms with van der Waals surface area (Å²) in [6.45, 7) is 8.00. The monoisotopic (exact) mass is 372 g/mol. The van der Waals surface area contributed by atoms with E-state index in [0.717, 1.165) is 11.3 Å². The number of fused-ring (bicyclic) bond motifs is 3. The lowest BCUT2D eigenvalue weighted by molar-refractivity contribution is -0.125. The Hall–Kier alpha value is -2.15. The summed E-state index contributed by atoms with van der Waals surface area (Å²) in [4.78, 5) is 35.8. The van der Waals surface area contributed by atoms with Gasteiger partial charge in [-0.15, -0.1) is 0 Å². The molecule has 2 heterocycles. The molecule has 0 aromatic heterocycles. The van der Waals surface area contributed by atoms with E-state index in [1.165, 1.54) is 11.8 Å². The molecule has 138 valence electrons. The zero-order chi connectivity index (χ0) is 18.8. The number of hydrogen-bond donors (Lipinski definition) is 1. The molecule has 6 nitrogen and oxygen atoms in total. The van der Waals surface area contributed by atoms with E-state index in [1.54, 1.807) is 4.90 Å². The first-order valence-electron chi connectivity index (χ1n) is 8.89. The zero-order valence-electron chi connectivity index (χ0n) is 15.5. The van der Waals surface area contributed by atoms with Gasteiger partial charge in [-0.25, -0.2) is 9.89 Å². The van der Waals surface area contributed by atoms with Gasteiger partial charge in [0.25, 0.3) is 5.91 Å². The molecule has 0 saturated heterocycles. The number of amides is 2. The second kappa shape index (κ2) is 7.61. The minimum Gasteiger partial charge on any atom is -0.353 e. The lowest BCUT2D eigenvalue weighted by atomic mass is 10.0. The average molecular weight is 372 g/mol. The number of amidine groups is 2. The molecule has 0 radical (unpaired) electrons. The molecule has 0 fully saturated rings. The minimum absolute atomic E-state index is 0.0567. The normalized spacial score (nSPS) is 18.6. The fraction of sp³-hybridized carbons (Fsp3) is 0.474. The lowest BCUT2D eigenvalue weighted by Crippen LogP contribution is -2.42. The van der Waals surface area contributed by atoms with Crippen LogP contribution < -0.4 is 5.32 Å². The predicted molar refractivity (Wildman–Crippen MR) is 106 cm³/mol. The van der Waals surface area contributed by atoms with Crippen LogP contribution in [0, 0.1) is 5.92 Å². The highest BCUT2D eigenvalue weighted by Gasteiger charge is 2.41. The number of carbonyl (C=O) groups excluding carboxylic acids is 2. The van der Waals surface area contributed by atoms with Crippen LogP contribution in [0.5, 0.6) is 0 Å². The smallest absolute Gasteiger partial charge is 0.259 e. The summed E-state index contributed by atoms with van der Waals surface area (Å²) in [5.41, 5.74) is 1.65. The van der Waals surface area contributed by atoms with E-state index in [2.05, 4.69) is 24.2 Å². The Morgan fingerprint density at radius 1 is 1.27 bits per heavy atom. The first-order valence-corrected chi connectivity index (χ1v) is 9.87. The Balaban J connectivity index is 1.88. The maximum atomic E-state index is 12.9. The molecule has 7 heteroatoms. The topological polar surface area (TPSA) is 74.1 Å². The summed E-state index contributed by atoms with van der Waals surface area (Å²) < 4.78 is 0. The fourth-order valence-electron chi connectivity index (χ4n) is 2.99. The number of hydrogen-bond acceptors (Lipinski definition) is 5. The van der Waals surface area contributed by atoms with Crippen LogP contribution >= 0.6 is 11.8 Å². The molecule has 2 amide bonds. The summed E-state index contributed by atoms with van der Waals surface area (Å²) in [5.74, 6) is 1.10. The Morgan fingerprint density at radius 3 is 2.69 bits per heavy atom. The van der Waals surface area contributed by atoms with Gasteiger partial charge in [-0.3, -0.25) is 14.6 Å². The molecule has 0 unspecified atom stereocenters. The Morgan fingerprint density at radius 2 is 2.00 bits per heavy atom. The van der Waals surface area contributed by atoms with E-state index in [0.29, 0.717) is 23.3 Å². The number of nitrogens with zero attached hydrogens (tertiary/aromatic N) is 3. The Kier molecular flexibility index (Phi) is 5.46. The Labute approximate surface area is 158 Å². The molecule has 3 rings (SSSR count). The van der Waals surface area contributed by atoms with E-state index < -0.39 is 0 Å². The minimum atomic E-state index is -0.383. The van der Waals surface area contributed by atoms with Crippen molar-refractivity contribution < 1.29 is 9.59 Å². The van der Waals surface area contributed by atoms with Crippen molar-refractivity contribution in [3.05, 3.63) is 29.8 Å². The molecule has 0 aliphatic carbocycles. The van der Waals surface area contributed by atoms with Gasteiger partial charge in [0.1, 0.15) is 11.9 Å². The largest absolute Gasteiger partial charge is 0.353 e. The maximum absolute atomic E-state index is 12.9. The first-order chi connectivity index (χ1) is 12.4. The van der Waals surface area contributed by atoms with Gasteiger partial charge >= 0.3 is 0 Å². The zero-order valence-corrected chi connectivity index (χ0v) is 16.3. The average Bonchev–Trinajstić information content (AvgIpc) is 2.89. The number of thioether (sulfide) groups is 1. The summed E-state index contributed by atoms with van der Waals surface area (Å²) >= 11 is 1.27. The van der Waals surface area contributed by atoms with Crippen LogP contribution in [0.1, 0.15) is 39.7 Å². The van der Waals surface area contributed by atoms with Crippen molar-refractivity contribution in [2.45, 2.75) is 46.2 Å². The van der Waals surface area contributed by atoms with Crippen molar-refractivity contribution in [3.63, 3.8) is 0 Å². The molecule has 1 N–H and O–H groups in total. The van der Waals surface area contributed by atoms with Crippen molar-refractivity contribution >= 4 is 40.3 Å². The molecule has 0 bridgehead atoms. The van der Waals surface area contributed by atoms with Crippen molar-refractivity contribution in [2.75, 3.05) is 5.75 Å². The molecule has 1 atom stereocenters. The van der Waals surface area contributed by atoms with Crippen LogP contribution in [0.2, 0.25) is 0 Å². The van der Waals surface area contributed by atoms with Gasteiger partial charge in [-0.2, -0.15) is 0 Å². The first kappa shape index (κ1) is 18.6. The van der Waals surface area contributed by atoms with Crippen molar-refractivity contribution in [1.29, 1.82) is 0 Å². The van der Waals surface area contributed by atoms with Crippen LogP contribution in [-0.4, -0.2) is 45.6 Å². The quantitative estimate of drug-likeness (QED) is 0.863. The predicted octanol–water partition coefficient (Wildman–Crippen LogP) is 2.95. The molecular weight excluding hydrogens is 348 g/mol. The van der Waals surface area contributed by atoms with Crippen LogP contribution in [0.3, 0.4) is 0 Å². The van der Waals surface area contributed by atoms with Gasteiger partial charge in [0.15, 0.2) is 5.17 Å². The van der Waals surface area contributed by atoms with E-state index in [4.69, 9.17) is 4.99 Å². The third-order valence-electron chi connectivity index (χ3n) is 4.02. The highest BCUT2D eigenvalue weighted by molar-refractivity contribution is 8.14. The Bertz CT molecular complexity index is 785. The molecule has 2 aliphatic heterocycles. The number of para-hydroxylation sites is 1. The van der Waals surface area contributed by atoms with Gasteiger partial charge in [0.05, 0.1) is 11.4 Å². The van der Waals surface area contributed by atoms with Crippen molar-refractivity contribution in [1.82, 2.24) is 10.2 Å². The number of benzene rings is 1. The second-order valence-electron chi connectivity index (χ2n) is 7.19. The number of nitrogens with one attached hydrogen (secondary N) is 1. The molecule has 1 aromatic rings. The van der Waals surface area contributed by atoms with E-state index >= 15 is 0 Å². The van der Waals surface area contributed by atoms with Crippen molar-refractivity contribution in [2.24, 2.45) is 15.9 Å². The van der Waals surface area contributed by atoms with Gasteiger partial charge in [-0.05, 0) is 38.3 Å². The number of aliphatic imine (C=N–C) groups is 2. The van der Waals surface area contributed by atoms with Crippen molar-refractivity contribution in [3.8, 4) is 0 Å². The van der Waals surface area contributed by atoms with Crippen LogP contribution in [-0.2, 0) is 9.59 Å². The molecule has 1 aromatic carbocycles. The van der Waals surface area contributed by atoms with Gasteiger partial charge in [0.2, 0.25) is 5.91 Å². The second-order valence-corrected chi connectivity index (χ2v) is 8.14. The summed E-state index contributed by atoms with van der Waals surface area (Å²) in [7, 11) is 0. The molecule has 26 heavy (non-hydrogen) atoms. The summed E-state index contributed by atoms with van der Waals surface area (Å²) in [6, 6.07) is 7.37. The third kappa shape index (κ3) is 3.82. The fourth-order valence-corrected chi connectivity index (χ4v) is 3.80. The van der Waals surface area contributed by atoms with Crippen LogP contribution in [0.25, 0.3) is 0 Å². The molecule has 0 saturated carbocycles. The molecule has 0 spiro atoms. The van der Waals surface area contributed by atoms with Gasteiger partial charge < -0.3 is 5.32 Å². The SMILES string of the molecule is CC(C)C[C@@H]1N=C2c3ccccc3N=C(SCC(=O)NC(C)C)N2C1=O. The van der Waals surface area contributed by atoms with E-state index in [-0.39, 0.29) is 29.7 Å². The van der Waals surface area contributed by atoms with Crippen LogP contribution in [0.4, 0.5) is 5.69 Å². The third-order valence-corrected chi connectivity index (χ3v) is 4.96. The summed E-state index contributed by atoms with van der Waals surface area (Å²) in [6.07, 6.45) is 0.701.